The number of carbonyl (C=O) groups is 1. The van der Waals surface area contributed by atoms with Crippen LogP contribution in [0, 0.1) is 0 Å². The average molecular weight is 329 g/mol. The lowest BCUT2D eigenvalue weighted by molar-refractivity contribution is 0.0819. The van der Waals surface area contributed by atoms with E-state index in [4.69, 9.17) is 18.9 Å². The molecule has 6 nitrogen and oxygen atoms in total. The van der Waals surface area contributed by atoms with Crippen LogP contribution in [0.25, 0.3) is 0 Å². The Labute approximate surface area is 140 Å². The number of hydrogen-bond acceptors (Lipinski definition) is 5. The third-order valence-electron chi connectivity index (χ3n) is 3.85. The van der Waals surface area contributed by atoms with Gasteiger partial charge in [-0.2, -0.15) is 0 Å². The van der Waals surface area contributed by atoms with Crippen molar-refractivity contribution in [2.75, 3.05) is 27.6 Å². The molecule has 1 amide bonds. The molecule has 24 heavy (non-hydrogen) atoms. The molecule has 3 rings (SSSR count). The highest BCUT2D eigenvalue weighted by Gasteiger charge is 2.19. The third kappa shape index (κ3) is 3.28. The van der Waals surface area contributed by atoms with Gasteiger partial charge in [-0.25, -0.2) is 0 Å². The van der Waals surface area contributed by atoms with Crippen LogP contribution in [0.4, 0.5) is 0 Å². The number of hydrogen-bond donors (Lipinski definition) is 1. The van der Waals surface area contributed by atoms with Gasteiger partial charge in [0.1, 0.15) is 11.9 Å². The van der Waals surface area contributed by atoms with E-state index in [1.165, 1.54) is 0 Å². The van der Waals surface area contributed by atoms with Crippen LogP contribution in [0.15, 0.2) is 42.5 Å². The summed E-state index contributed by atoms with van der Waals surface area (Å²) >= 11 is 0. The lowest BCUT2D eigenvalue weighted by atomic mass is 10.1. The maximum atomic E-state index is 12.4. The molecule has 0 saturated carbocycles. The van der Waals surface area contributed by atoms with Crippen LogP contribution in [-0.4, -0.2) is 33.5 Å². The van der Waals surface area contributed by atoms with Crippen molar-refractivity contribution in [3.63, 3.8) is 0 Å². The number of amides is 1. The van der Waals surface area contributed by atoms with Gasteiger partial charge in [-0.15, -0.1) is 0 Å². The highest BCUT2D eigenvalue weighted by molar-refractivity contribution is 5.94. The van der Waals surface area contributed by atoms with Crippen molar-refractivity contribution in [3.8, 4) is 17.2 Å². The van der Waals surface area contributed by atoms with Crippen molar-refractivity contribution in [2.45, 2.75) is 6.10 Å². The van der Waals surface area contributed by atoms with Gasteiger partial charge < -0.3 is 24.3 Å². The van der Waals surface area contributed by atoms with Gasteiger partial charge in [0, 0.05) is 24.8 Å². The monoisotopic (exact) mass is 329 g/mol. The first-order valence-electron chi connectivity index (χ1n) is 7.56. The molecular formula is C18H19NO5. The summed E-state index contributed by atoms with van der Waals surface area (Å²) in [6.07, 6.45) is -0.306. The lowest BCUT2D eigenvalue weighted by Crippen LogP contribution is -2.29. The first-order chi connectivity index (χ1) is 11.7. The molecule has 0 aromatic heterocycles. The van der Waals surface area contributed by atoms with E-state index in [0.29, 0.717) is 23.6 Å². The average Bonchev–Trinajstić information content (AvgIpc) is 3.10. The zero-order chi connectivity index (χ0) is 16.9. The fraction of sp³-hybridized carbons (Fsp3) is 0.278. The Bertz CT molecular complexity index is 731. The number of carbonyl (C=O) groups excluding carboxylic acids is 1. The van der Waals surface area contributed by atoms with Gasteiger partial charge in [-0.3, -0.25) is 4.79 Å². The van der Waals surface area contributed by atoms with Crippen molar-refractivity contribution < 1.29 is 23.7 Å². The molecule has 1 unspecified atom stereocenters. The van der Waals surface area contributed by atoms with Gasteiger partial charge in [-0.05, 0) is 24.3 Å². The van der Waals surface area contributed by atoms with Gasteiger partial charge in [0.2, 0.25) is 6.79 Å². The van der Waals surface area contributed by atoms with E-state index >= 15 is 0 Å². The van der Waals surface area contributed by atoms with Crippen molar-refractivity contribution in [3.05, 3.63) is 53.6 Å². The molecule has 0 aliphatic carbocycles. The van der Waals surface area contributed by atoms with E-state index in [1.54, 1.807) is 32.4 Å². The molecule has 2 aromatic rings. The Hall–Kier alpha value is -2.73. The topological polar surface area (TPSA) is 66.0 Å². The van der Waals surface area contributed by atoms with Crippen LogP contribution in [0.2, 0.25) is 0 Å². The molecule has 0 bridgehead atoms. The number of ether oxygens (including phenoxy) is 4. The second kappa shape index (κ2) is 7.23. The molecule has 2 aromatic carbocycles. The number of methoxy groups -OCH3 is 2. The summed E-state index contributed by atoms with van der Waals surface area (Å²) in [4.78, 5) is 12.4. The largest absolute Gasteiger partial charge is 0.496 e. The summed E-state index contributed by atoms with van der Waals surface area (Å²) in [6.45, 7) is 0.504. The van der Waals surface area contributed by atoms with E-state index < -0.39 is 0 Å². The number of para-hydroxylation sites is 1. The molecule has 0 radical (unpaired) electrons. The Morgan fingerprint density at radius 2 is 1.96 bits per heavy atom. The fourth-order valence-corrected chi connectivity index (χ4v) is 2.58. The summed E-state index contributed by atoms with van der Waals surface area (Å²) in [5.41, 5.74) is 1.39. The second-order valence-electron chi connectivity index (χ2n) is 5.24. The van der Waals surface area contributed by atoms with Crippen LogP contribution in [0.5, 0.6) is 17.2 Å². The SMILES string of the molecule is COc1ccccc1C(CNC(=O)c1ccc2c(c1)OCO2)OC. The van der Waals surface area contributed by atoms with Gasteiger partial charge in [0.25, 0.3) is 5.91 Å². The molecule has 1 aliphatic rings. The normalized spacial score (nSPS) is 13.4. The van der Waals surface area contributed by atoms with Crippen LogP contribution in [-0.2, 0) is 4.74 Å². The zero-order valence-corrected chi connectivity index (χ0v) is 13.6. The summed E-state index contributed by atoms with van der Waals surface area (Å²) in [5, 5.41) is 2.88. The number of fused-ring (bicyclic) bond motifs is 1. The second-order valence-corrected chi connectivity index (χ2v) is 5.24. The van der Waals surface area contributed by atoms with Crippen LogP contribution in [0.3, 0.4) is 0 Å². The predicted molar refractivity (Wildman–Crippen MR) is 87.6 cm³/mol. The number of nitrogens with one attached hydrogen (secondary N) is 1. The molecule has 0 fully saturated rings. The van der Waals surface area contributed by atoms with E-state index in [1.807, 2.05) is 24.3 Å². The molecule has 0 saturated heterocycles. The van der Waals surface area contributed by atoms with Crippen LogP contribution < -0.4 is 19.5 Å². The van der Waals surface area contributed by atoms with Gasteiger partial charge in [-0.1, -0.05) is 18.2 Å². The standard InChI is InChI=1S/C18H19NO5/c1-21-14-6-4-3-5-13(14)17(22-2)10-19-18(20)12-7-8-15-16(9-12)24-11-23-15/h3-9,17H,10-11H2,1-2H3,(H,19,20). The zero-order valence-electron chi connectivity index (χ0n) is 13.6. The molecule has 1 atom stereocenters. The fourth-order valence-electron chi connectivity index (χ4n) is 2.58. The molecule has 1 aliphatic heterocycles. The maximum absolute atomic E-state index is 12.4. The van der Waals surface area contributed by atoms with Gasteiger partial charge in [0.05, 0.1) is 7.11 Å². The first-order valence-corrected chi connectivity index (χ1v) is 7.56. The third-order valence-corrected chi connectivity index (χ3v) is 3.85. The van der Waals surface area contributed by atoms with E-state index in [0.717, 1.165) is 11.3 Å². The lowest BCUT2D eigenvalue weighted by Gasteiger charge is -2.19. The predicted octanol–water partition coefficient (Wildman–Crippen LogP) is 2.54. The maximum Gasteiger partial charge on any atom is 0.251 e. The molecular weight excluding hydrogens is 310 g/mol. The molecule has 126 valence electrons. The summed E-state index contributed by atoms with van der Waals surface area (Å²) < 4.78 is 21.4. The van der Waals surface area contributed by atoms with Gasteiger partial charge >= 0.3 is 0 Å². The Balaban J connectivity index is 1.68. The van der Waals surface area contributed by atoms with Crippen molar-refractivity contribution >= 4 is 5.91 Å². The molecule has 6 heteroatoms. The summed E-state index contributed by atoms with van der Waals surface area (Å²) in [7, 11) is 3.21. The summed E-state index contributed by atoms with van der Waals surface area (Å²) in [6, 6.07) is 12.7. The number of benzene rings is 2. The van der Waals surface area contributed by atoms with Gasteiger partial charge in [0.15, 0.2) is 11.5 Å². The quantitative estimate of drug-likeness (QED) is 0.882. The highest BCUT2D eigenvalue weighted by atomic mass is 16.7. The van der Waals surface area contributed by atoms with E-state index in [-0.39, 0.29) is 18.8 Å². The van der Waals surface area contributed by atoms with Crippen LogP contribution >= 0.6 is 0 Å². The summed E-state index contributed by atoms with van der Waals surface area (Å²) in [5.74, 6) is 1.75. The minimum absolute atomic E-state index is 0.181. The molecule has 1 heterocycles. The Morgan fingerprint density at radius 1 is 1.17 bits per heavy atom. The molecule has 0 spiro atoms. The highest BCUT2D eigenvalue weighted by Crippen LogP contribution is 2.32. The minimum atomic E-state index is -0.306. The molecule has 1 N–H and O–H groups in total. The minimum Gasteiger partial charge on any atom is -0.496 e. The van der Waals surface area contributed by atoms with Crippen molar-refractivity contribution in [1.29, 1.82) is 0 Å². The number of rotatable bonds is 6. The van der Waals surface area contributed by atoms with Crippen LogP contribution in [0.1, 0.15) is 22.0 Å². The van der Waals surface area contributed by atoms with E-state index in [2.05, 4.69) is 5.32 Å². The first kappa shape index (κ1) is 16.1. The van der Waals surface area contributed by atoms with Crippen molar-refractivity contribution in [1.82, 2.24) is 5.32 Å². The Morgan fingerprint density at radius 3 is 2.75 bits per heavy atom. The smallest absolute Gasteiger partial charge is 0.251 e. The van der Waals surface area contributed by atoms with Crippen molar-refractivity contribution in [2.24, 2.45) is 0 Å². The van der Waals surface area contributed by atoms with E-state index in [9.17, 15) is 4.79 Å². The Kier molecular flexibility index (Phi) is 4.86.